The summed E-state index contributed by atoms with van der Waals surface area (Å²) < 4.78 is 69.4. The van der Waals surface area contributed by atoms with Crippen LogP contribution in [0, 0.1) is 33.5 Å². The fourth-order valence-corrected chi connectivity index (χ4v) is 22.6. The molecular formula is C70H110N12O12P2. The molecule has 96 heavy (non-hydrogen) atoms. The number of imidazole rings is 2. The van der Waals surface area contributed by atoms with Gasteiger partial charge in [-0.05, 0) is 220 Å². The second-order valence-electron chi connectivity index (χ2n) is 33.0. The molecule has 4 bridgehead atoms. The van der Waals surface area contributed by atoms with Gasteiger partial charge < -0.3 is 49.0 Å². The first-order valence-corrected chi connectivity index (χ1v) is 39.5. The second-order valence-corrected chi connectivity index (χ2v) is 37.4. The van der Waals surface area contributed by atoms with Crippen LogP contribution in [0.2, 0.25) is 0 Å². The number of nitrogens with one attached hydrogen (secondary N) is 4. The van der Waals surface area contributed by atoms with Crippen molar-refractivity contribution in [2.75, 3.05) is 37.4 Å². The normalized spacial score (nSPS) is 26.5. The summed E-state index contributed by atoms with van der Waals surface area (Å²) >= 11 is 0. The zero-order chi connectivity index (χ0) is 68.7. The van der Waals surface area contributed by atoms with E-state index in [0.29, 0.717) is 70.8 Å². The summed E-state index contributed by atoms with van der Waals surface area (Å²) in [7, 11) is -7.57. The molecule has 8 saturated carbocycles. The van der Waals surface area contributed by atoms with E-state index in [1.54, 1.807) is 92.6 Å². The summed E-state index contributed by atoms with van der Waals surface area (Å²) in [6.07, 6.45) is 32.0. The molecule has 0 saturated heterocycles. The van der Waals surface area contributed by atoms with Gasteiger partial charge in [-0.1, -0.05) is 38.5 Å². The Bertz CT molecular complexity index is 3400. The van der Waals surface area contributed by atoms with Crippen molar-refractivity contribution in [1.29, 1.82) is 0 Å². The van der Waals surface area contributed by atoms with Crippen LogP contribution in [0.1, 0.15) is 223 Å². The van der Waals surface area contributed by atoms with E-state index in [4.69, 9.17) is 39.9 Å². The van der Waals surface area contributed by atoms with Crippen LogP contribution < -0.4 is 31.8 Å². The number of nitrogens with two attached hydrogens (primary N) is 2. The van der Waals surface area contributed by atoms with E-state index in [2.05, 4.69) is 40.3 Å². The monoisotopic (exact) mass is 1370 g/mol. The fourth-order valence-electron chi connectivity index (χ4n) is 17.4. The Morgan fingerprint density at radius 3 is 1.17 bits per heavy atom. The lowest BCUT2D eigenvalue weighted by Gasteiger charge is -2.50. The summed E-state index contributed by atoms with van der Waals surface area (Å²) in [5.74, 6) is -0.437. The zero-order valence-electron chi connectivity index (χ0n) is 58.8. The van der Waals surface area contributed by atoms with Gasteiger partial charge in [-0.25, -0.2) is 40.3 Å². The summed E-state index contributed by atoms with van der Waals surface area (Å²) in [5, 5.41) is 12.3. The molecule has 4 aromatic heterocycles. The van der Waals surface area contributed by atoms with E-state index in [1.165, 1.54) is 89.9 Å². The lowest BCUT2D eigenvalue weighted by atomic mass is 9.59. The van der Waals surface area contributed by atoms with Gasteiger partial charge in [0.25, 0.3) is 0 Å². The van der Waals surface area contributed by atoms with Crippen LogP contribution in [0.3, 0.4) is 0 Å². The molecular weight excluding hydrogens is 1260 g/mol. The van der Waals surface area contributed by atoms with Crippen LogP contribution in [0.4, 0.5) is 11.4 Å². The quantitative estimate of drug-likeness (QED) is 0.0175. The van der Waals surface area contributed by atoms with Gasteiger partial charge in [-0.3, -0.25) is 28.3 Å². The van der Waals surface area contributed by atoms with Crippen LogP contribution in [0.15, 0.2) is 37.2 Å². The highest BCUT2D eigenvalue weighted by molar-refractivity contribution is 7.60. The van der Waals surface area contributed by atoms with Gasteiger partial charge in [0.1, 0.15) is 58.1 Å². The molecule has 2 atom stereocenters. The second kappa shape index (κ2) is 28.2. The average molecular weight is 1370 g/mol. The number of rotatable bonds is 28. The minimum absolute atomic E-state index is 0.0673. The van der Waals surface area contributed by atoms with Crippen molar-refractivity contribution in [1.82, 2.24) is 49.4 Å². The van der Waals surface area contributed by atoms with Crippen molar-refractivity contribution < 1.29 is 56.7 Å². The Labute approximate surface area is 567 Å². The fraction of sp³-hybridized carbons (Fsp3) is 0.771. The molecule has 8 aliphatic rings. The van der Waals surface area contributed by atoms with Crippen molar-refractivity contribution in [2.45, 2.75) is 283 Å². The molecule has 532 valence electrons. The highest BCUT2D eigenvalue weighted by Crippen LogP contribution is 2.57. The van der Waals surface area contributed by atoms with Crippen molar-refractivity contribution in [2.24, 2.45) is 33.5 Å². The average Bonchev–Trinajstić information content (AvgIpc) is 1.33. The Kier molecular flexibility index (Phi) is 21.2. The first-order valence-electron chi connectivity index (χ1n) is 35.7. The maximum Gasteiger partial charge on any atom is 0.326 e. The molecule has 4 heterocycles. The smallest absolute Gasteiger partial charge is 0.326 e. The van der Waals surface area contributed by atoms with E-state index in [1.807, 2.05) is 23.0 Å². The van der Waals surface area contributed by atoms with Crippen molar-refractivity contribution in [3.63, 3.8) is 0 Å². The number of ether oxygens (including phenoxy) is 6. The van der Waals surface area contributed by atoms with Crippen molar-refractivity contribution in [3.8, 4) is 0 Å². The SMILES string of the molecule is C[C@H](Cn1cnc2c(N)ccnc21)OCP(=O)(NC(C)(C)C(=O)OC1CC2(CCCCC2)C1)NC(C)(C)C(=O)OC1CC2(CCCCC2)C1.C[C@H](Cn1cnc2c(N)ccnc21)OCP(=O)(NC(C)(C)C(=O)OCC12CCC(CC1)C2)NC(C)(C)C(=O)OCC12CCC(CC1)C2. The zero-order valence-corrected chi connectivity index (χ0v) is 60.6. The third-order valence-electron chi connectivity index (χ3n) is 22.8. The molecule has 26 heteroatoms. The predicted molar refractivity (Wildman–Crippen MR) is 368 cm³/mol. The van der Waals surface area contributed by atoms with E-state index in [-0.39, 0.29) is 35.7 Å². The van der Waals surface area contributed by atoms with Crippen molar-refractivity contribution in [3.05, 3.63) is 37.2 Å². The number of pyridine rings is 2. The summed E-state index contributed by atoms with van der Waals surface area (Å²) in [5.41, 5.74) is 11.1. The molecule has 8 N–H and O–H groups in total. The number of anilines is 2. The van der Waals surface area contributed by atoms with Crippen LogP contribution in [-0.2, 0) is 69.8 Å². The number of fused-ring (bicyclic) bond motifs is 6. The van der Waals surface area contributed by atoms with Crippen molar-refractivity contribution >= 4 is 72.5 Å². The highest BCUT2D eigenvalue weighted by Gasteiger charge is 2.53. The molecule has 4 aromatic rings. The summed E-state index contributed by atoms with van der Waals surface area (Å²) in [4.78, 5) is 71.7. The maximum absolute atomic E-state index is 14.8. The molecule has 0 radical (unpaired) electrons. The Hall–Kier alpha value is -5.06. The Morgan fingerprint density at radius 2 is 0.844 bits per heavy atom. The topological polar surface area (TPSA) is 319 Å². The van der Waals surface area contributed by atoms with Gasteiger partial charge in [-0.15, -0.1) is 0 Å². The third-order valence-corrected chi connectivity index (χ3v) is 27.5. The number of nitrogen functional groups attached to an aromatic ring is 2. The first kappa shape index (κ1) is 72.2. The maximum atomic E-state index is 14.8. The molecule has 0 aromatic carbocycles. The standard InChI is InChI=1S/C36H57N6O6P.C34H53N6O6P/c1-25(22-42-23-39-29-28(37)12-17-38-30(29)42)46-24-49(45,40-33(2,3)31(43)47-26-18-35(19-26)13-8-6-9-14-35)41-34(4,5)32(44)48-27-20-36(21-27)15-10-7-11-16-36;1-23(18-40-21-37-27-26(35)10-15-36-28(27)40)46-22-47(43,38-31(2,3)29(41)44-19-33-11-6-24(16-33)7-12-33)39-32(4,5)30(42)45-20-34-13-8-25(17-34)9-14-34/h12,17,23,25-27H,6-11,13-16,18-22,24H2,1-5H3,(H2,37,38)(H2,40,41,45);10,15,21,23-25H,6-9,11-14,16-20,22H2,1-5H3,(H2,35,36)(H2,38,39,43)/t25-;23-,24?,25?,33?,34?,47?/m11/s1. The largest absolute Gasteiger partial charge is 0.464 e. The van der Waals surface area contributed by atoms with E-state index < -0.39 is 73.1 Å². The predicted octanol–water partition coefficient (Wildman–Crippen LogP) is 12.2. The highest BCUT2D eigenvalue weighted by atomic mass is 31.2. The third kappa shape index (κ3) is 16.7. The molecule has 0 amide bonds. The number of hydrogen-bond donors (Lipinski definition) is 6. The number of carbonyl (C=O) groups excluding carboxylic acids is 4. The molecule has 0 aliphatic heterocycles. The Balaban J connectivity index is 0.000000195. The lowest BCUT2D eigenvalue weighted by Crippen LogP contribution is -2.56. The summed E-state index contributed by atoms with van der Waals surface area (Å²) in [6.45, 7) is 18.5. The number of nitrogens with zero attached hydrogens (tertiary/aromatic N) is 6. The molecule has 8 aliphatic carbocycles. The van der Waals surface area contributed by atoms with Crippen LogP contribution in [0.25, 0.3) is 22.3 Å². The van der Waals surface area contributed by atoms with Gasteiger partial charge in [0.05, 0.1) is 62.5 Å². The number of hydrogen-bond acceptors (Lipinski definition) is 18. The van der Waals surface area contributed by atoms with E-state index in [9.17, 15) is 28.3 Å². The minimum atomic E-state index is -3.79. The molecule has 8 fully saturated rings. The van der Waals surface area contributed by atoms with Crippen LogP contribution >= 0.6 is 14.9 Å². The van der Waals surface area contributed by atoms with Gasteiger partial charge in [0.2, 0.25) is 14.9 Å². The van der Waals surface area contributed by atoms with Gasteiger partial charge in [0.15, 0.2) is 11.3 Å². The van der Waals surface area contributed by atoms with Crippen LogP contribution in [-0.4, -0.2) is 125 Å². The van der Waals surface area contributed by atoms with Gasteiger partial charge in [-0.2, -0.15) is 0 Å². The van der Waals surface area contributed by atoms with E-state index >= 15 is 0 Å². The number of aromatic nitrogens is 6. The Morgan fingerprint density at radius 1 is 0.510 bits per heavy atom. The molecule has 0 unspecified atom stereocenters. The lowest BCUT2D eigenvalue weighted by molar-refractivity contribution is -0.169. The van der Waals surface area contributed by atoms with E-state index in [0.717, 1.165) is 76.0 Å². The molecule has 24 nitrogen and oxygen atoms in total. The molecule has 2 spiro atoms. The van der Waals surface area contributed by atoms with Gasteiger partial charge >= 0.3 is 23.9 Å². The number of carbonyl (C=O) groups is 4. The van der Waals surface area contributed by atoms with Crippen LogP contribution in [0.5, 0.6) is 0 Å². The molecule has 12 rings (SSSR count). The minimum Gasteiger partial charge on any atom is -0.464 e. The first-order chi connectivity index (χ1) is 45.2. The number of esters is 4. The summed E-state index contributed by atoms with van der Waals surface area (Å²) in [6, 6.07) is 3.40. The van der Waals surface area contributed by atoms with Gasteiger partial charge in [0, 0.05) is 23.2 Å².